The normalized spacial score (nSPS) is 14.9. The van der Waals surface area contributed by atoms with Crippen molar-refractivity contribution >= 4 is 17.2 Å². The van der Waals surface area contributed by atoms with E-state index >= 15 is 0 Å². The maximum Gasteiger partial charge on any atom is 0.240 e. The lowest BCUT2D eigenvalue weighted by molar-refractivity contribution is -0.136. The van der Waals surface area contributed by atoms with Crippen LogP contribution in [0.25, 0.3) is 0 Å². The molecule has 2 N–H and O–H groups in total. The summed E-state index contributed by atoms with van der Waals surface area (Å²) in [5.41, 5.74) is 5.66. The summed E-state index contributed by atoms with van der Waals surface area (Å²) in [7, 11) is 0. The van der Waals surface area contributed by atoms with Crippen LogP contribution in [-0.4, -0.2) is 27.9 Å². The van der Waals surface area contributed by atoms with Crippen molar-refractivity contribution in [3.05, 3.63) is 16.6 Å². The van der Waals surface area contributed by atoms with Crippen LogP contribution in [-0.2, 0) is 4.79 Å². The smallest absolute Gasteiger partial charge is 0.240 e. The summed E-state index contributed by atoms with van der Waals surface area (Å²) in [6.07, 6.45) is 1.76. The van der Waals surface area contributed by atoms with Crippen LogP contribution < -0.4 is 5.73 Å². The molecule has 0 aliphatic carbocycles. The van der Waals surface area contributed by atoms with Crippen LogP contribution in [0.3, 0.4) is 0 Å². The Morgan fingerprint density at radius 3 is 2.44 bits per heavy atom. The van der Waals surface area contributed by atoms with E-state index in [1.807, 2.05) is 26.2 Å². The summed E-state index contributed by atoms with van der Waals surface area (Å²) in [6, 6.07) is -0.360. The van der Waals surface area contributed by atoms with Crippen LogP contribution in [0.5, 0.6) is 0 Å². The third-order valence-electron chi connectivity index (χ3n) is 2.43. The molecule has 1 aromatic rings. The minimum absolute atomic E-state index is 0.0153. The molecule has 0 spiro atoms. The second-order valence-electron chi connectivity index (χ2n) is 4.17. The molecule has 0 bridgehead atoms. The summed E-state index contributed by atoms with van der Waals surface area (Å²) in [5, 5.41) is 2.86. The van der Waals surface area contributed by atoms with Gasteiger partial charge in [-0.05, 0) is 27.7 Å². The minimum atomic E-state index is -0.468. The van der Waals surface area contributed by atoms with Crippen LogP contribution in [0.15, 0.2) is 11.6 Å². The lowest BCUT2D eigenvalue weighted by Gasteiger charge is -2.33. The van der Waals surface area contributed by atoms with Crippen molar-refractivity contribution in [2.24, 2.45) is 5.73 Å². The Labute approximate surface area is 100 Å². The first-order chi connectivity index (χ1) is 7.45. The van der Waals surface area contributed by atoms with E-state index in [0.717, 1.165) is 5.01 Å². The van der Waals surface area contributed by atoms with Crippen LogP contribution in [0.1, 0.15) is 38.7 Å². The predicted molar refractivity (Wildman–Crippen MR) is 66.2 cm³/mol. The Morgan fingerprint density at radius 2 is 2.06 bits per heavy atom. The average Bonchev–Trinajstić information content (AvgIpc) is 2.69. The van der Waals surface area contributed by atoms with Gasteiger partial charge in [-0.15, -0.1) is 11.3 Å². The lowest BCUT2D eigenvalue weighted by atomic mass is 10.1. The minimum Gasteiger partial charge on any atom is -0.330 e. The fourth-order valence-electron chi connectivity index (χ4n) is 1.69. The standard InChI is InChI=1S/C11H19N3OS/c1-7(2)14(11(15)8(3)12)9(4)10-13-5-6-16-10/h5-9H,12H2,1-4H3/t8-,9-/m0/s1. The van der Waals surface area contributed by atoms with Crippen molar-refractivity contribution in [1.82, 2.24) is 9.88 Å². The van der Waals surface area contributed by atoms with E-state index in [1.54, 1.807) is 29.4 Å². The SMILES string of the molecule is CC(C)N(C(=O)[C@H](C)N)[C@@H](C)c1nccs1. The molecule has 1 aromatic heterocycles. The van der Waals surface area contributed by atoms with E-state index in [2.05, 4.69) is 4.98 Å². The Balaban J connectivity index is 2.90. The molecule has 0 aliphatic heterocycles. The third kappa shape index (κ3) is 2.80. The summed E-state index contributed by atoms with van der Waals surface area (Å²) in [6.45, 7) is 7.68. The van der Waals surface area contributed by atoms with Crippen LogP contribution in [0.4, 0.5) is 0 Å². The fraction of sp³-hybridized carbons (Fsp3) is 0.636. The number of thiazole rings is 1. The zero-order valence-corrected chi connectivity index (χ0v) is 11.0. The van der Waals surface area contributed by atoms with Gasteiger partial charge < -0.3 is 10.6 Å². The van der Waals surface area contributed by atoms with E-state index in [0.29, 0.717) is 0 Å². The van der Waals surface area contributed by atoms with Crippen molar-refractivity contribution in [2.75, 3.05) is 0 Å². The molecule has 1 rings (SSSR count). The van der Waals surface area contributed by atoms with Gasteiger partial charge in [0.05, 0.1) is 12.1 Å². The summed E-state index contributed by atoms with van der Waals surface area (Å²) >= 11 is 1.56. The lowest BCUT2D eigenvalue weighted by Crippen LogP contribution is -2.46. The highest BCUT2D eigenvalue weighted by Gasteiger charge is 2.27. The van der Waals surface area contributed by atoms with Gasteiger partial charge in [0, 0.05) is 17.6 Å². The average molecular weight is 241 g/mol. The summed E-state index contributed by atoms with van der Waals surface area (Å²) in [4.78, 5) is 18.0. The number of rotatable bonds is 4. The molecule has 16 heavy (non-hydrogen) atoms. The van der Waals surface area contributed by atoms with Crippen molar-refractivity contribution in [1.29, 1.82) is 0 Å². The maximum atomic E-state index is 12.0. The zero-order valence-electron chi connectivity index (χ0n) is 10.2. The number of carbonyl (C=O) groups excluding carboxylic acids is 1. The molecule has 0 unspecified atom stereocenters. The number of aromatic nitrogens is 1. The molecule has 0 fully saturated rings. The topological polar surface area (TPSA) is 59.2 Å². The Bertz CT molecular complexity index is 335. The predicted octanol–water partition coefficient (Wildman–Crippen LogP) is 1.79. The first-order valence-electron chi connectivity index (χ1n) is 5.42. The first kappa shape index (κ1) is 13.1. The molecular formula is C11H19N3OS. The van der Waals surface area contributed by atoms with Crippen LogP contribution >= 0.6 is 11.3 Å². The maximum absolute atomic E-state index is 12.0. The van der Waals surface area contributed by atoms with Crippen LogP contribution in [0.2, 0.25) is 0 Å². The van der Waals surface area contributed by atoms with Gasteiger partial charge in [0.15, 0.2) is 0 Å². The van der Waals surface area contributed by atoms with E-state index < -0.39 is 6.04 Å². The Morgan fingerprint density at radius 1 is 1.44 bits per heavy atom. The van der Waals surface area contributed by atoms with Crippen molar-refractivity contribution in [3.8, 4) is 0 Å². The van der Waals surface area contributed by atoms with Gasteiger partial charge in [0.2, 0.25) is 5.91 Å². The van der Waals surface area contributed by atoms with Gasteiger partial charge in [-0.25, -0.2) is 4.98 Å². The fourth-order valence-corrected chi connectivity index (χ4v) is 2.38. The van der Waals surface area contributed by atoms with Crippen molar-refractivity contribution in [3.63, 3.8) is 0 Å². The molecule has 0 radical (unpaired) electrons. The number of nitrogens with zero attached hydrogens (tertiary/aromatic N) is 2. The van der Waals surface area contributed by atoms with Crippen molar-refractivity contribution < 1.29 is 4.79 Å². The van der Waals surface area contributed by atoms with E-state index in [9.17, 15) is 4.79 Å². The highest BCUT2D eigenvalue weighted by Crippen LogP contribution is 2.24. The molecule has 0 saturated heterocycles. The number of carbonyl (C=O) groups is 1. The number of nitrogens with two attached hydrogens (primary N) is 1. The first-order valence-corrected chi connectivity index (χ1v) is 6.30. The molecule has 2 atom stereocenters. The van der Waals surface area contributed by atoms with E-state index in [4.69, 9.17) is 5.73 Å². The number of hydrogen-bond acceptors (Lipinski definition) is 4. The van der Waals surface area contributed by atoms with Crippen LogP contribution in [0, 0.1) is 0 Å². The van der Waals surface area contributed by atoms with Gasteiger partial charge >= 0.3 is 0 Å². The molecular weight excluding hydrogens is 222 g/mol. The molecule has 0 aromatic carbocycles. The van der Waals surface area contributed by atoms with Gasteiger partial charge in [0.1, 0.15) is 5.01 Å². The second-order valence-corrected chi connectivity index (χ2v) is 5.10. The molecule has 5 heteroatoms. The molecule has 0 saturated carbocycles. The highest BCUT2D eigenvalue weighted by molar-refractivity contribution is 7.09. The quantitative estimate of drug-likeness (QED) is 0.874. The molecule has 0 aliphatic rings. The van der Waals surface area contributed by atoms with E-state index in [-0.39, 0.29) is 18.0 Å². The van der Waals surface area contributed by atoms with Gasteiger partial charge in [-0.1, -0.05) is 0 Å². The number of amides is 1. The highest BCUT2D eigenvalue weighted by atomic mass is 32.1. The Kier molecular flexibility index (Phi) is 4.44. The van der Waals surface area contributed by atoms with Crippen molar-refractivity contribution in [2.45, 2.75) is 45.8 Å². The largest absolute Gasteiger partial charge is 0.330 e. The summed E-state index contributed by atoms with van der Waals surface area (Å²) in [5.74, 6) is -0.0299. The van der Waals surface area contributed by atoms with E-state index in [1.165, 1.54) is 0 Å². The second kappa shape index (κ2) is 5.41. The number of hydrogen-bond donors (Lipinski definition) is 1. The van der Waals surface area contributed by atoms with Gasteiger partial charge in [0.25, 0.3) is 0 Å². The zero-order chi connectivity index (χ0) is 12.3. The molecule has 4 nitrogen and oxygen atoms in total. The van der Waals surface area contributed by atoms with Gasteiger partial charge in [-0.3, -0.25) is 4.79 Å². The molecule has 1 heterocycles. The molecule has 90 valence electrons. The van der Waals surface area contributed by atoms with Gasteiger partial charge in [-0.2, -0.15) is 0 Å². The Hall–Kier alpha value is -0.940. The third-order valence-corrected chi connectivity index (χ3v) is 3.37. The molecule has 1 amide bonds. The summed E-state index contributed by atoms with van der Waals surface area (Å²) < 4.78 is 0. The monoisotopic (exact) mass is 241 g/mol.